The number of benzene rings is 2. The molecule has 26 heavy (non-hydrogen) atoms. The Morgan fingerprint density at radius 3 is 2.54 bits per heavy atom. The third kappa shape index (κ3) is 3.29. The second kappa shape index (κ2) is 6.97. The number of H-pyrrole nitrogens is 1. The molecule has 0 unspecified atom stereocenters. The fraction of sp³-hybridized carbons (Fsp3) is 0. The number of para-hydroxylation sites is 1. The fourth-order valence-electron chi connectivity index (χ4n) is 2.52. The van der Waals surface area contributed by atoms with Crippen molar-refractivity contribution in [3.8, 4) is 22.8 Å². The highest BCUT2D eigenvalue weighted by Crippen LogP contribution is 2.27. The van der Waals surface area contributed by atoms with Crippen molar-refractivity contribution in [1.82, 2.24) is 15.2 Å². The number of halogens is 1. The molecule has 0 aliphatic carbocycles. The molecule has 4 rings (SSSR count). The second-order valence-corrected chi connectivity index (χ2v) is 6.26. The molecular formula is C19H13BrN4O2. The van der Waals surface area contributed by atoms with Crippen LogP contribution < -0.4 is 5.32 Å². The zero-order chi connectivity index (χ0) is 17.9. The lowest BCUT2D eigenvalue weighted by atomic mass is 10.1. The van der Waals surface area contributed by atoms with Crippen LogP contribution in [0.2, 0.25) is 0 Å². The van der Waals surface area contributed by atoms with E-state index in [4.69, 9.17) is 4.42 Å². The van der Waals surface area contributed by atoms with E-state index in [1.165, 1.54) is 0 Å². The molecule has 0 saturated carbocycles. The van der Waals surface area contributed by atoms with Crippen molar-refractivity contribution >= 4 is 27.5 Å². The molecule has 128 valence electrons. The molecule has 0 radical (unpaired) electrons. The van der Waals surface area contributed by atoms with Crippen LogP contribution in [-0.2, 0) is 0 Å². The van der Waals surface area contributed by atoms with Gasteiger partial charge in [0.2, 0.25) is 0 Å². The summed E-state index contributed by atoms with van der Waals surface area (Å²) in [7, 11) is 0. The normalized spacial score (nSPS) is 10.7. The summed E-state index contributed by atoms with van der Waals surface area (Å²) < 4.78 is 5.79. The van der Waals surface area contributed by atoms with Gasteiger partial charge in [-0.1, -0.05) is 42.5 Å². The number of carbonyl (C=O) groups is 1. The van der Waals surface area contributed by atoms with Crippen LogP contribution in [0.25, 0.3) is 22.8 Å². The molecule has 1 amide bonds. The lowest BCUT2D eigenvalue weighted by Gasteiger charge is -2.07. The predicted octanol–water partition coefficient (Wildman–Crippen LogP) is 4.75. The Labute approximate surface area is 157 Å². The summed E-state index contributed by atoms with van der Waals surface area (Å²) in [6.45, 7) is 0. The maximum absolute atomic E-state index is 12.4. The number of nitrogens with one attached hydrogen (secondary N) is 2. The molecule has 2 aromatic carbocycles. The van der Waals surface area contributed by atoms with E-state index in [1.807, 2.05) is 48.5 Å². The van der Waals surface area contributed by atoms with Gasteiger partial charge in [0.25, 0.3) is 5.91 Å². The lowest BCUT2D eigenvalue weighted by Crippen LogP contribution is -2.11. The Bertz CT molecular complexity index is 1060. The minimum absolute atomic E-state index is 0.217. The van der Waals surface area contributed by atoms with E-state index < -0.39 is 0 Å². The third-order valence-corrected chi connectivity index (χ3v) is 4.17. The number of aromatic nitrogens is 3. The molecule has 2 aromatic heterocycles. The average molecular weight is 409 g/mol. The number of aromatic amines is 1. The van der Waals surface area contributed by atoms with Gasteiger partial charge in [-0.05, 0) is 40.2 Å². The summed E-state index contributed by atoms with van der Waals surface area (Å²) in [6.07, 6.45) is 0. The Morgan fingerprint density at radius 1 is 1.00 bits per heavy atom. The van der Waals surface area contributed by atoms with Crippen LogP contribution in [0, 0.1) is 0 Å². The van der Waals surface area contributed by atoms with Crippen molar-refractivity contribution in [3.05, 3.63) is 77.2 Å². The number of nitrogens with zero attached hydrogens (tertiary/aromatic N) is 2. The minimum atomic E-state index is -0.342. The van der Waals surface area contributed by atoms with Gasteiger partial charge in [-0.25, -0.2) is 4.98 Å². The summed E-state index contributed by atoms with van der Waals surface area (Å²) in [5, 5.41) is 10.1. The summed E-state index contributed by atoms with van der Waals surface area (Å²) in [5.41, 5.74) is 2.26. The van der Waals surface area contributed by atoms with Gasteiger partial charge in [-0.2, -0.15) is 5.10 Å². The molecule has 4 aromatic rings. The van der Waals surface area contributed by atoms with Crippen molar-refractivity contribution < 1.29 is 9.21 Å². The van der Waals surface area contributed by atoms with Gasteiger partial charge in [0.1, 0.15) is 0 Å². The van der Waals surface area contributed by atoms with E-state index >= 15 is 0 Å². The molecule has 2 N–H and O–H groups in total. The predicted molar refractivity (Wildman–Crippen MR) is 102 cm³/mol. The first-order chi connectivity index (χ1) is 12.7. The Balaban J connectivity index is 1.64. The molecule has 0 atom stereocenters. The monoisotopic (exact) mass is 408 g/mol. The fourth-order valence-corrected chi connectivity index (χ4v) is 2.82. The average Bonchev–Trinajstić information content (AvgIpc) is 3.32. The minimum Gasteiger partial charge on any atom is -0.444 e. The molecule has 0 fully saturated rings. The molecule has 2 heterocycles. The van der Waals surface area contributed by atoms with Crippen molar-refractivity contribution in [1.29, 1.82) is 0 Å². The first-order valence-corrected chi connectivity index (χ1v) is 8.64. The highest BCUT2D eigenvalue weighted by molar-refractivity contribution is 9.10. The summed E-state index contributed by atoms with van der Waals surface area (Å²) in [6, 6.07) is 20.3. The van der Waals surface area contributed by atoms with Crippen LogP contribution >= 0.6 is 15.9 Å². The molecule has 0 bridgehead atoms. The van der Waals surface area contributed by atoms with Crippen LogP contribution in [0.5, 0.6) is 0 Å². The van der Waals surface area contributed by atoms with E-state index in [1.54, 1.807) is 18.2 Å². The van der Waals surface area contributed by atoms with Gasteiger partial charge in [0.15, 0.2) is 22.1 Å². The first kappa shape index (κ1) is 16.3. The molecule has 0 aliphatic heterocycles. The van der Waals surface area contributed by atoms with Gasteiger partial charge in [-0.15, -0.1) is 0 Å². The van der Waals surface area contributed by atoms with Gasteiger partial charge in [0, 0.05) is 11.1 Å². The molecule has 0 spiro atoms. The van der Waals surface area contributed by atoms with E-state index in [9.17, 15) is 4.79 Å². The van der Waals surface area contributed by atoms with Crippen LogP contribution in [0.4, 0.5) is 5.69 Å². The summed E-state index contributed by atoms with van der Waals surface area (Å²) >= 11 is 3.19. The molecule has 7 heteroatoms. The van der Waals surface area contributed by atoms with Crippen LogP contribution in [0.1, 0.15) is 10.6 Å². The quantitative estimate of drug-likeness (QED) is 0.510. The summed E-state index contributed by atoms with van der Waals surface area (Å²) in [4.78, 5) is 16.9. The Hall–Kier alpha value is -3.19. The molecule has 6 nitrogen and oxygen atoms in total. The van der Waals surface area contributed by atoms with Crippen LogP contribution in [0.15, 0.2) is 75.8 Å². The summed E-state index contributed by atoms with van der Waals surface area (Å²) in [5.74, 6) is 1.04. The van der Waals surface area contributed by atoms with E-state index in [0.717, 1.165) is 11.1 Å². The van der Waals surface area contributed by atoms with Crippen molar-refractivity contribution in [2.45, 2.75) is 0 Å². The highest BCUT2D eigenvalue weighted by atomic mass is 79.9. The zero-order valence-electron chi connectivity index (χ0n) is 13.4. The Morgan fingerprint density at radius 2 is 1.77 bits per heavy atom. The van der Waals surface area contributed by atoms with Gasteiger partial charge in [-0.3, -0.25) is 9.89 Å². The lowest BCUT2D eigenvalue weighted by molar-refractivity contribution is 0.0995. The first-order valence-electron chi connectivity index (χ1n) is 7.84. The molecular weight excluding hydrogens is 396 g/mol. The highest BCUT2D eigenvalue weighted by Gasteiger charge is 2.15. The van der Waals surface area contributed by atoms with E-state index in [2.05, 4.69) is 36.4 Å². The zero-order valence-corrected chi connectivity index (χ0v) is 15.0. The number of anilines is 1. The Kier molecular flexibility index (Phi) is 4.37. The standard InChI is InChI=1S/C19H13BrN4O2/c20-16-11-10-15(26-16)19(25)21-14-9-5-4-8-13(14)18-22-17(23-24-18)12-6-2-1-3-7-12/h1-11H,(H,21,25)(H,22,23,24). The molecule has 0 aliphatic rings. The van der Waals surface area contributed by atoms with Crippen LogP contribution in [-0.4, -0.2) is 21.1 Å². The van der Waals surface area contributed by atoms with Gasteiger partial charge < -0.3 is 9.73 Å². The number of furan rings is 1. The molecule has 0 saturated heterocycles. The number of carbonyl (C=O) groups excluding carboxylic acids is 1. The smallest absolute Gasteiger partial charge is 0.291 e. The van der Waals surface area contributed by atoms with Crippen LogP contribution in [0.3, 0.4) is 0 Å². The third-order valence-electron chi connectivity index (χ3n) is 3.74. The SMILES string of the molecule is O=C(Nc1ccccc1-c1nc(-c2ccccc2)n[nH]1)c1ccc(Br)o1. The van der Waals surface area contributed by atoms with Gasteiger partial charge >= 0.3 is 0 Å². The largest absolute Gasteiger partial charge is 0.444 e. The number of rotatable bonds is 4. The number of hydrogen-bond donors (Lipinski definition) is 2. The van der Waals surface area contributed by atoms with Crippen molar-refractivity contribution in [2.75, 3.05) is 5.32 Å². The van der Waals surface area contributed by atoms with E-state index in [-0.39, 0.29) is 11.7 Å². The maximum atomic E-state index is 12.4. The van der Waals surface area contributed by atoms with Crippen molar-refractivity contribution in [2.24, 2.45) is 0 Å². The van der Waals surface area contributed by atoms with E-state index in [0.29, 0.717) is 22.0 Å². The number of amides is 1. The second-order valence-electron chi connectivity index (χ2n) is 5.48. The van der Waals surface area contributed by atoms with Gasteiger partial charge in [0.05, 0.1) is 5.69 Å². The van der Waals surface area contributed by atoms with Crippen molar-refractivity contribution in [3.63, 3.8) is 0 Å². The number of hydrogen-bond acceptors (Lipinski definition) is 4. The topological polar surface area (TPSA) is 83.8 Å². The maximum Gasteiger partial charge on any atom is 0.291 e.